The summed E-state index contributed by atoms with van der Waals surface area (Å²) in [7, 11) is 0. The number of rotatable bonds is 2. The topological polar surface area (TPSA) is 0 Å². The van der Waals surface area contributed by atoms with E-state index in [0.717, 1.165) is 0 Å². The van der Waals surface area contributed by atoms with E-state index < -0.39 is 0 Å². The van der Waals surface area contributed by atoms with Crippen LogP contribution in [-0.4, -0.2) is 0 Å². The summed E-state index contributed by atoms with van der Waals surface area (Å²) in [6.45, 7) is 0. The molecular formula is C32H20S. The first-order valence-electron chi connectivity index (χ1n) is 11.3. The van der Waals surface area contributed by atoms with Gasteiger partial charge in [-0.3, -0.25) is 0 Å². The fourth-order valence-electron chi connectivity index (χ4n) is 5.06. The van der Waals surface area contributed by atoms with Gasteiger partial charge in [0.2, 0.25) is 0 Å². The lowest BCUT2D eigenvalue weighted by Crippen LogP contribution is -1.83. The maximum absolute atomic E-state index is 2.28. The van der Waals surface area contributed by atoms with Crippen molar-refractivity contribution in [2.75, 3.05) is 0 Å². The third kappa shape index (κ3) is 2.90. The van der Waals surface area contributed by atoms with Gasteiger partial charge in [0, 0.05) is 20.2 Å². The van der Waals surface area contributed by atoms with Crippen molar-refractivity contribution in [1.82, 2.24) is 0 Å². The second-order valence-electron chi connectivity index (χ2n) is 8.55. The minimum atomic E-state index is 1.25. The quantitative estimate of drug-likeness (QED) is 0.253. The number of hydrogen-bond donors (Lipinski definition) is 0. The van der Waals surface area contributed by atoms with Gasteiger partial charge in [0.05, 0.1) is 0 Å². The van der Waals surface area contributed by atoms with Crippen LogP contribution in [0.15, 0.2) is 121 Å². The molecule has 0 aliphatic heterocycles. The lowest BCUT2D eigenvalue weighted by molar-refractivity contribution is 1.63. The summed E-state index contributed by atoms with van der Waals surface area (Å²) < 4.78 is 2.74. The molecule has 0 unspecified atom stereocenters. The van der Waals surface area contributed by atoms with Crippen LogP contribution in [0.4, 0.5) is 0 Å². The van der Waals surface area contributed by atoms with Gasteiger partial charge in [-0.25, -0.2) is 0 Å². The van der Waals surface area contributed by atoms with Crippen LogP contribution in [-0.2, 0) is 0 Å². The van der Waals surface area contributed by atoms with Crippen LogP contribution in [0.5, 0.6) is 0 Å². The molecule has 0 aliphatic rings. The Hall–Kier alpha value is -3.94. The van der Waals surface area contributed by atoms with E-state index in [1.54, 1.807) is 0 Å². The Morgan fingerprint density at radius 2 is 0.879 bits per heavy atom. The lowest BCUT2D eigenvalue weighted by atomic mass is 9.96. The highest BCUT2D eigenvalue weighted by molar-refractivity contribution is 7.27. The third-order valence-corrected chi connectivity index (χ3v) is 7.97. The minimum absolute atomic E-state index is 1.25. The Kier molecular flexibility index (Phi) is 4.12. The molecule has 0 saturated heterocycles. The van der Waals surface area contributed by atoms with Crippen molar-refractivity contribution < 1.29 is 0 Å². The van der Waals surface area contributed by atoms with Crippen LogP contribution >= 0.6 is 11.3 Å². The van der Waals surface area contributed by atoms with Gasteiger partial charge < -0.3 is 0 Å². The molecule has 1 aromatic heterocycles. The first kappa shape index (κ1) is 18.6. The fraction of sp³-hybridized carbons (Fsp3) is 0. The summed E-state index contributed by atoms with van der Waals surface area (Å²) in [5.74, 6) is 0. The predicted octanol–water partition coefficient (Wildman–Crippen LogP) is 9.69. The maximum Gasteiger partial charge on any atom is 0.0434 e. The van der Waals surface area contributed by atoms with Crippen molar-refractivity contribution >= 4 is 53.1 Å². The zero-order valence-corrected chi connectivity index (χ0v) is 18.8. The monoisotopic (exact) mass is 436 g/mol. The molecule has 6 aromatic carbocycles. The SMILES string of the molecule is c1ccc2c(-c3ccc(-c4cccc5c4sc4c6ccccc6ccc54)cc3)cccc2c1. The third-order valence-electron chi connectivity index (χ3n) is 6.69. The molecule has 0 radical (unpaired) electrons. The Morgan fingerprint density at radius 3 is 1.70 bits per heavy atom. The zero-order valence-electron chi connectivity index (χ0n) is 18.0. The smallest absolute Gasteiger partial charge is 0.0434 e. The number of hydrogen-bond acceptors (Lipinski definition) is 1. The van der Waals surface area contributed by atoms with Gasteiger partial charge in [-0.2, -0.15) is 0 Å². The standard InChI is InChI=1S/C32H20S/c1-3-10-25-21(7-1)9-5-12-26(25)23-15-17-24(18-16-23)28-13-6-14-29-30-20-19-22-8-2-4-11-27(22)32(30)33-31(28)29/h1-20H. The van der Waals surface area contributed by atoms with Crippen molar-refractivity contribution in [3.63, 3.8) is 0 Å². The average molecular weight is 437 g/mol. The highest BCUT2D eigenvalue weighted by atomic mass is 32.1. The van der Waals surface area contributed by atoms with Gasteiger partial charge >= 0.3 is 0 Å². The van der Waals surface area contributed by atoms with Crippen molar-refractivity contribution in [3.8, 4) is 22.3 Å². The Balaban J connectivity index is 1.40. The van der Waals surface area contributed by atoms with Gasteiger partial charge in [-0.15, -0.1) is 11.3 Å². The molecule has 33 heavy (non-hydrogen) atoms. The molecule has 0 atom stereocenters. The van der Waals surface area contributed by atoms with Crippen molar-refractivity contribution in [2.24, 2.45) is 0 Å². The van der Waals surface area contributed by atoms with E-state index in [2.05, 4.69) is 121 Å². The van der Waals surface area contributed by atoms with E-state index in [-0.39, 0.29) is 0 Å². The van der Waals surface area contributed by atoms with E-state index >= 15 is 0 Å². The molecule has 0 aliphatic carbocycles. The van der Waals surface area contributed by atoms with E-state index in [0.29, 0.717) is 0 Å². The molecule has 154 valence electrons. The largest absolute Gasteiger partial charge is 0.134 e. The van der Waals surface area contributed by atoms with Crippen LogP contribution in [0.1, 0.15) is 0 Å². The summed E-state index contributed by atoms with van der Waals surface area (Å²) >= 11 is 1.92. The molecule has 0 nitrogen and oxygen atoms in total. The van der Waals surface area contributed by atoms with E-state index in [1.165, 1.54) is 64.0 Å². The summed E-state index contributed by atoms with van der Waals surface area (Å²) in [5, 5.41) is 7.91. The normalized spacial score (nSPS) is 11.6. The summed E-state index contributed by atoms with van der Waals surface area (Å²) in [4.78, 5) is 0. The second kappa shape index (κ2) is 7.30. The first-order chi connectivity index (χ1) is 16.4. The van der Waals surface area contributed by atoms with Crippen molar-refractivity contribution in [2.45, 2.75) is 0 Å². The molecule has 7 aromatic rings. The fourth-order valence-corrected chi connectivity index (χ4v) is 6.43. The van der Waals surface area contributed by atoms with Crippen LogP contribution in [0.3, 0.4) is 0 Å². The first-order valence-corrected chi connectivity index (χ1v) is 12.1. The summed E-state index contributed by atoms with van der Waals surface area (Å²) in [5.41, 5.74) is 5.11. The summed E-state index contributed by atoms with van der Waals surface area (Å²) in [6, 6.07) is 44.2. The number of fused-ring (bicyclic) bond motifs is 6. The second-order valence-corrected chi connectivity index (χ2v) is 9.57. The number of benzene rings is 6. The van der Waals surface area contributed by atoms with E-state index in [9.17, 15) is 0 Å². The van der Waals surface area contributed by atoms with E-state index in [1.807, 2.05) is 11.3 Å². The van der Waals surface area contributed by atoms with Crippen molar-refractivity contribution in [3.05, 3.63) is 121 Å². The molecule has 0 fully saturated rings. The molecule has 0 spiro atoms. The van der Waals surface area contributed by atoms with Gasteiger partial charge in [0.1, 0.15) is 0 Å². The maximum atomic E-state index is 2.28. The predicted molar refractivity (Wildman–Crippen MR) is 145 cm³/mol. The van der Waals surface area contributed by atoms with Gasteiger partial charge in [0.25, 0.3) is 0 Å². The Labute approximate surface area is 196 Å². The van der Waals surface area contributed by atoms with E-state index in [4.69, 9.17) is 0 Å². The van der Waals surface area contributed by atoms with Crippen LogP contribution in [0.25, 0.3) is 64.0 Å². The highest BCUT2D eigenvalue weighted by Crippen LogP contribution is 2.43. The molecule has 7 rings (SSSR count). The van der Waals surface area contributed by atoms with Crippen LogP contribution in [0.2, 0.25) is 0 Å². The molecule has 0 bridgehead atoms. The van der Waals surface area contributed by atoms with Gasteiger partial charge in [-0.05, 0) is 43.8 Å². The Bertz CT molecular complexity index is 1800. The van der Waals surface area contributed by atoms with Crippen LogP contribution < -0.4 is 0 Å². The highest BCUT2D eigenvalue weighted by Gasteiger charge is 2.12. The lowest BCUT2D eigenvalue weighted by Gasteiger charge is -2.09. The zero-order chi connectivity index (χ0) is 21.8. The molecular weight excluding hydrogens is 416 g/mol. The van der Waals surface area contributed by atoms with Crippen LogP contribution in [0, 0.1) is 0 Å². The minimum Gasteiger partial charge on any atom is -0.134 e. The molecule has 0 amide bonds. The Morgan fingerprint density at radius 1 is 0.333 bits per heavy atom. The average Bonchev–Trinajstić information content (AvgIpc) is 3.28. The van der Waals surface area contributed by atoms with Gasteiger partial charge in [0.15, 0.2) is 0 Å². The van der Waals surface area contributed by atoms with Crippen molar-refractivity contribution in [1.29, 1.82) is 0 Å². The summed E-state index contributed by atoms with van der Waals surface area (Å²) in [6.07, 6.45) is 0. The molecule has 0 saturated carbocycles. The molecule has 1 heterocycles. The molecule has 0 N–H and O–H groups in total. The molecule has 1 heteroatoms. The number of thiophene rings is 1. The van der Waals surface area contributed by atoms with Gasteiger partial charge in [-0.1, -0.05) is 121 Å².